The van der Waals surface area contributed by atoms with Crippen molar-refractivity contribution in [3.8, 4) is 0 Å². The minimum absolute atomic E-state index is 0.0533. The van der Waals surface area contributed by atoms with Gasteiger partial charge in [-0.05, 0) is 50.9 Å². The molecule has 5 unspecified atom stereocenters. The number of nitrogens with one attached hydrogen (secondary N) is 1. The van der Waals surface area contributed by atoms with Gasteiger partial charge >= 0.3 is 0 Å². The maximum atomic E-state index is 12.4. The van der Waals surface area contributed by atoms with Crippen molar-refractivity contribution in [2.45, 2.75) is 83.0 Å². The summed E-state index contributed by atoms with van der Waals surface area (Å²) in [6.45, 7) is 1.93. The van der Waals surface area contributed by atoms with E-state index in [0.717, 1.165) is 31.2 Å². The van der Waals surface area contributed by atoms with Gasteiger partial charge < -0.3 is 15.3 Å². The lowest BCUT2D eigenvalue weighted by Gasteiger charge is -2.24. The second-order valence-corrected chi connectivity index (χ2v) is 8.51. The van der Waals surface area contributed by atoms with E-state index in [2.05, 4.69) is 0 Å². The first-order valence-electron chi connectivity index (χ1n) is 10.9. The monoisotopic (exact) mass is 421 g/mol. The third kappa shape index (κ3) is 7.16. The summed E-state index contributed by atoms with van der Waals surface area (Å²) in [6, 6.07) is 7.09. The van der Waals surface area contributed by atoms with Gasteiger partial charge in [0, 0.05) is 12.0 Å². The summed E-state index contributed by atoms with van der Waals surface area (Å²) in [5, 5.41) is 39.5. The van der Waals surface area contributed by atoms with E-state index < -0.39 is 18.3 Å². The Kier molecular flexibility index (Phi) is 9.91. The van der Waals surface area contributed by atoms with Crippen LogP contribution in [-0.4, -0.2) is 50.5 Å². The molecule has 0 aromatic heterocycles. The number of aryl methyl sites for hydroxylation is 1. The third-order valence-electron chi connectivity index (χ3n) is 6.25. The molecular weight excluding hydrogens is 386 g/mol. The summed E-state index contributed by atoms with van der Waals surface area (Å²) < 4.78 is 0. The number of amides is 1. The van der Waals surface area contributed by atoms with Crippen LogP contribution >= 0.6 is 0 Å². The average molecular weight is 422 g/mol. The standard InChI is InChI=1S/C23H35NO6/c1-15-8-10-16(11-9-15)23(29)19(25)13-12-18-17(20(26)14-21(18)27)6-4-2-3-5-7-22(28)24-30/h8-11,17-21,25-27,30H,2-7,12-14H2,1H3,(H,24,28). The van der Waals surface area contributed by atoms with Gasteiger partial charge in [-0.15, -0.1) is 0 Å². The fourth-order valence-corrected chi connectivity index (χ4v) is 4.45. The number of rotatable bonds is 12. The molecule has 0 saturated heterocycles. The van der Waals surface area contributed by atoms with E-state index in [9.17, 15) is 24.9 Å². The van der Waals surface area contributed by atoms with Crippen LogP contribution in [0.15, 0.2) is 24.3 Å². The molecule has 7 heteroatoms. The third-order valence-corrected chi connectivity index (χ3v) is 6.25. The van der Waals surface area contributed by atoms with Crippen LogP contribution in [-0.2, 0) is 4.79 Å². The van der Waals surface area contributed by atoms with Crippen molar-refractivity contribution in [1.82, 2.24) is 5.48 Å². The Labute approximate surface area is 178 Å². The van der Waals surface area contributed by atoms with Gasteiger partial charge in [0.15, 0.2) is 5.78 Å². The van der Waals surface area contributed by atoms with E-state index in [1.807, 2.05) is 19.1 Å². The fourth-order valence-electron chi connectivity index (χ4n) is 4.45. The Balaban J connectivity index is 1.78. The zero-order valence-electron chi connectivity index (χ0n) is 17.7. The summed E-state index contributed by atoms with van der Waals surface area (Å²) in [5.74, 6) is -0.891. The SMILES string of the molecule is Cc1ccc(C(=O)C(O)CCC2C(O)CC(O)C2CCCCCCC(=O)NO)cc1. The highest BCUT2D eigenvalue weighted by Gasteiger charge is 2.41. The summed E-state index contributed by atoms with van der Waals surface area (Å²) in [4.78, 5) is 23.4. The molecule has 0 spiro atoms. The van der Waals surface area contributed by atoms with Gasteiger partial charge in [-0.2, -0.15) is 0 Å². The lowest BCUT2D eigenvalue weighted by atomic mass is 9.84. The summed E-state index contributed by atoms with van der Waals surface area (Å²) in [5.41, 5.74) is 3.14. The van der Waals surface area contributed by atoms with E-state index in [1.54, 1.807) is 17.6 Å². The number of hydrogen-bond donors (Lipinski definition) is 5. The predicted molar refractivity (Wildman–Crippen MR) is 112 cm³/mol. The number of carbonyl (C=O) groups excluding carboxylic acids is 2. The van der Waals surface area contributed by atoms with Gasteiger partial charge in [0.1, 0.15) is 6.10 Å². The summed E-state index contributed by atoms with van der Waals surface area (Å²) in [7, 11) is 0. The topological polar surface area (TPSA) is 127 Å². The van der Waals surface area contributed by atoms with Crippen molar-refractivity contribution < 1.29 is 30.1 Å². The summed E-state index contributed by atoms with van der Waals surface area (Å²) in [6.07, 6.45) is 3.13. The highest BCUT2D eigenvalue weighted by Crippen LogP contribution is 2.39. The van der Waals surface area contributed by atoms with Crippen molar-refractivity contribution in [1.29, 1.82) is 0 Å². The van der Waals surface area contributed by atoms with Crippen LogP contribution in [0.25, 0.3) is 0 Å². The normalized spacial score (nSPS) is 24.6. The van der Waals surface area contributed by atoms with Crippen LogP contribution < -0.4 is 5.48 Å². The van der Waals surface area contributed by atoms with Crippen molar-refractivity contribution in [2.75, 3.05) is 0 Å². The molecule has 2 rings (SSSR count). The molecule has 0 aliphatic heterocycles. The maximum absolute atomic E-state index is 12.4. The molecule has 0 bridgehead atoms. The smallest absolute Gasteiger partial charge is 0.243 e. The lowest BCUT2D eigenvalue weighted by molar-refractivity contribution is -0.129. The van der Waals surface area contributed by atoms with Crippen molar-refractivity contribution >= 4 is 11.7 Å². The Morgan fingerprint density at radius 3 is 2.23 bits per heavy atom. The molecule has 1 aromatic rings. The van der Waals surface area contributed by atoms with Crippen LogP contribution in [0.4, 0.5) is 0 Å². The van der Waals surface area contributed by atoms with Crippen LogP contribution in [0.1, 0.15) is 73.7 Å². The number of Topliss-reactive ketones (excluding diaryl/α,β-unsaturated/α-hetero) is 1. The van der Waals surface area contributed by atoms with E-state index in [4.69, 9.17) is 5.21 Å². The van der Waals surface area contributed by atoms with E-state index >= 15 is 0 Å². The number of hydrogen-bond acceptors (Lipinski definition) is 6. The molecule has 1 amide bonds. The number of aliphatic hydroxyl groups excluding tert-OH is 3. The number of ketones is 1. The van der Waals surface area contributed by atoms with E-state index in [0.29, 0.717) is 24.8 Å². The zero-order valence-corrected chi connectivity index (χ0v) is 17.7. The molecule has 1 aromatic carbocycles. The Hall–Kier alpha value is -1.80. The quantitative estimate of drug-likeness (QED) is 0.153. The van der Waals surface area contributed by atoms with Crippen molar-refractivity contribution in [2.24, 2.45) is 11.8 Å². The van der Waals surface area contributed by atoms with Crippen LogP contribution in [0, 0.1) is 18.8 Å². The highest BCUT2D eigenvalue weighted by atomic mass is 16.5. The molecular formula is C23H35NO6. The first-order valence-corrected chi connectivity index (χ1v) is 10.9. The van der Waals surface area contributed by atoms with Gasteiger partial charge in [-0.25, -0.2) is 5.48 Å². The number of aliphatic hydroxyl groups is 3. The molecule has 5 atom stereocenters. The fraction of sp³-hybridized carbons (Fsp3) is 0.652. The molecule has 168 valence electrons. The summed E-state index contributed by atoms with van der Waals surface area (Å²) >= 11 is 0. The van der Waals surface area contributed by atoms with Gasteiger partial charge in [-0.1, -0.05) is 49.1 Å². The second-order valence-electron chi connectivity index (χ2n) is 8.51. The molecule has 1 aliphatic carbocycles. The average Bonchev–Trinajstić information content (AvgIpc) is 3.00. The first-order chi connectivity index (χ1) is 14.3. The van der Waals surface area contributed by atoms with Crippen LogP contribution in [0.2, 0.25) is 0 Å². The van der Waals surface area contributed by atoms with Gasteiger partial charge in [-0.3, -0.25) is 14.8 Å². The van der Waals surface area contributed by atoms with Crippen LogP contribution in [0.3, 0.4) is 0 Å². The molecule has 30 heavy (non-hydrogen) atoms. The van der Waals surface area contributed by atoms with Crippen molar-refractivity contribution in [3.05, 3.63) is 35.4 Å². The Morgan fingerprint density at radius 2 is 1.60 bits per heavy atom. The molecule has 1 aliphatic rings. The largest absolute Gasteiger partial charge is 0.393 e. The number of unbranched alkanes of at least 4 members (excludes halogenated alkanes) is 3. The number of carbonyl (C=O) groups is 2. The molecule has 1 fully saturated rings. The minimum Gasteiger partial charge on any atom is -0.393 e. The Bertz CT molecular complexity index is 677. The Morgan fingerprint density at radius 1 is 1.00 bits per heavy atom. The molecule has 0 radical (unpaired) electrons. The molecule has 0 heterocycles. The highest BCUT2D eigenvalue weighted by molar-refractivity contribution is 5.99. The van der Waals surface area contributed by atoms with Gasteiger partial charge in [0.25, 0.3) is 0 Å². The minimum atomic E-state index is -1.11. The number of hydroxylamine groups is 1. The zero-order chi connectivity index (χ0) is 22.1. The molecule has 7 nitrogen and oxygen atoms in total. The van der Waals surface area contributed by atoms with Crippen LogP contribution in [0.5, 0.6) is 0 Å². The van der Waals surface area contributed by atoms with E-state index in [1.165, 1.54) is 0 Å². The van der Waals surface area contributed by atoms with Crippen molar-refractivity contribution in [3.63, 3.8) is 0 Å². The molecule has 5 N–H and O–H groups in total. The van der Waals surface area contributed by atoms with Gasteiger partial charge in [0.05, 0.1) is 12.2 Å². The predicted octanol–water partition coefficient (Wildman–Crippen LogP) is 2.52. The maximum Gasteiger partial charge on any atom is 0.243 e. The first kappa shape index (κ1) is 24.5. The molecule has 1 saturated carbocycles. The number of benzene rings is 1. The second kappa shape index (κ2) is 12.2. The lowest BCUT2D eigenvalue weighted by Crippen LogP contribution is -2.26. The van der Waals surface area contributed by atoms with E-state index in [-0.39, 0.29) is 36.4 Å². The van der Waals surface area contributed by atoms with Gasteiger partial charge in [0.2, 0.25) is 5.91 Å².